The monoisotopic (exact) mass is 175 g/mol. The molecule has 0 radical (unpaired) electrons. The van der Waals surface area contributed by atoms with E-state index >= 15 is 0 Å². The van der Waals surface area contributed by atoms with E-state index in [9.17, 15) is 0 Å². The lowest BCUT2D eigenvalue weighted by Crippen LogP contribution is -2.08. The summed E-state index contributed by atoms with van der Waals surface area (Å²) in [4.78, 5) is 3.85. The molecule has 4 nitrogen and oxygen atoms in total. The molecule has 11 heavy (non-hydrogen) atoms. The molecule has 0 unspecified atom stereocenters. The first-order valence-electron chi connectivity index (χ1n) is 3.27. The number of halogens is 1. The van der Waals surface area contributed by atoms with Gasteiger partial charge in [0.25, 0.3) is 0 Å². The van der Waals surface area contributed by atoms with Crippen molar-refractivity contribution in [2.24, 2.45) is 7.05 Å². The van der Waals surface area contributed by atoms with Crippen molar-refractivity contribution in [1.82, 2.24) is 9.55 Å². The lowest BCUT2D eigenvalue weighted by atomic mass is 10.6. The molecular formula is C6H10ClN3O. The smallest absolute Gasteiger partial charge is 0.171 e. The summed E-state index contributed by atoms with van der Waals surface area (Å²) >= 11 is 5.70. The third-order valence-corrected chi connectivity index (χ3v) is 1.57. The van der Waals surface area contributed by atoms with Crippen LogP contribution in [0.4, 0.5) is 5.82 Å². The first-order valence-corrected chi connectivity index (χ1v) is 3.65. The minimum Gasteiger partial charge on any atom is -0.395 e. The number of aliphatic hydroxyl groups is 1. The van der Waals surface area contributed by atoms with Crippen molar-refractivity contribution in [3.63, 3.8) is 0 Å². The van der Waals surface area contributed by atoms with Gasteiger partial charge in [-0.25, -0.2) is 4.98 Å². The van der Waals surface area contributed by atoms with Crippen molar-refractivity contribution >= 4 is 17.4 Å². The highest BCUT2D eigenvalue weighted by Gasteiger charge is 2.03. The van der Waals surface area contributed by atoms with E-state index in [1.54, 1.807) is 10.9 Å². The van der Waals surface area contributed by atoms with Gasteiger partial charge in [-0.1, -0.05) is 11.6 Å². The first kappa shape index (κ1) is 8.36. The molecule has 0 amide bonds. The van der Waals surface area contributed by atoms with Crippen LogP contribution in [0, 0.1) is 0 Å². The Hall–Kier alpha value is -0.740. The van der Waals surface area contributed by atoms with Gasteiger partial charge in [-0.3, -0.25) is 0 Å². The number of rotatable bonds is 3. The molecule has 0 fully saturated rings. The Morgan fingerprint density at radius 1 is 1.82 bits per heavy atom. The number of nitrogens with zero attached hydrogens (tertiary/aromatic N) is 2. The molecule has 0 aliphatic rings. The van der Waals surface area contributed by atoms with Crippen molar-refractivity contribution in [3.8, 4) is 0 Å². The van der Waals surface area contributed by atoms with Gasteiger partial charge in [-0.05, 0) is 0 Å². The summed E-state index contributed by atoms with van der Waals surface area (Å²) in [7, 11) is 1.83. The molecule has 1 heterocycles. The molecule has 0 bridgehead atoms. The van der Waals surface area contributed by atoms with E-state index in [2.05, 4.69) is 10.3 Å². The quantitative estimate of drug-likeness (QED) is 0.703. The highest BCUT2D eigenvalue weighted by atomic mass is 35.5. The third kappa shape index (κ3) is 1.85. The minimum atomic E-state index is 0.0848. The summed E-state index contributed by atoms with van der Waals surface area (Å²) in [6, 6.07) is 0. The van der Waals surface area contributed by atoms with Gasteiger partial charge in [-0.2, -0.15) is 0 Å². The number of aryl methyl sites for hydroxylation is 1. The third-order valence-electron chi connectivity index (χ3n) is 1.30. The normalized spacial score (nSPS) is 10.1. The molecule has 0 aliphatic heterocycles. The zero-order valence-corrected chi connectivity index (χ0v) is 6.97. The second kappa shape index (κ2) is 3.59. The van der Waals surface area contributed by atoms with Crippen molar-refractivity contribution < 1.29 is 5.11 Å². The van der Waals surface area contributed by atoms with Crippen molar-refractivity contribution in [1.29, 1.82) is 0 Å². The van der Waals surface area contributed by atoms with Crippen LogP contribution in [0.5, 0.6) is 0 Å². The number of anilines is 1. The van der Waals surface area contributed by atoms with Crippen LogP contribution in [0.1, 0.15) is 0 Å². The molecule has 1 aromatic rings. The Kier molecular flexibility index (Phi) is 2.73. The number of nitrogens with one attached hydrogen (secondary N) is 1. The zero-order valence-electron chi connectivity index (χ0n) is 6.21. The van der Waals surface area contributed by atoms with Gasteiger partial charge >= 0.3 is 0 Å². The van der Waals surface area contributed by atoms with Crippen LogP contribution in [-0.2, 0) is 7.05 Å². The summed E-state index contributed by atoms with van der Waals surface area (Å²) in [6.07, 6.45) is 1.61. The predicted molar refractivity (Wildman–Crippen MR) is 43.8 cm³/mol. The standard InChI is InChI=1S/C6H10ClN3O/c1-10-4-9-5(7)6(10)8-2-3-11/h4,8,11H,2-3H2,1H3. The minimum absolute atomic E-state index is 0.0848. The summed E-state index contributed by atoms with van der Waals surface area (Å²) < 4.78 is 1.76. The predicted octanol–water partition coefficient (Wildman–Crippen LogP) is 0.478. The summed E-state index contributed by atoms with van der Waals surface area (Å²) in [5.74, 6) is 0.737. The fraction of sp³-hybridized carbons (Fsp3) is 0.500. The lowest BCUT2D eigenvalue weighted by molar-refractivity contribution is 0.311. The van der Waals surface area contributed by atoms with E-state index in [1.807, 2.05) is 7.05 Å². The van der Waals surface area contributed by atoms with Crippen molar-refractivity contribution in [3.05, 3.63) is 11.5 Å². The van der Waals surface area contributed by atoms with E-state index in [4.69, 9.17) is 16.7 Å². The van der Waals surface area contributed by atoms with Gasteiger partial charge in [0.1, 0.15) is 5.82 Å². The highest BCUT2D eigenvalue weighted by molar-refractivity contribution is 6.31. The molecule has 0 aliphatic carbocycles. The molecule has 62 valence electrons. The number of imidazole rings is 1. The van der Waals surface area contributed by atoms with Crippen LogP contribution in [0.25, 0.3) is 0 Å². The van der Waals surface area contributed by atoms with Gasteiger partial charge in [0.05, 0.1) is 12.9 Å². The Morgan fingerprint density at radius 2 is 2.55 bits per heavy atom. The van der Waals surface area contributed by atoms with Crippen LogP contribution in [0.15, 0.2) is 6.33 Å². The van der Waals surface area contributed by atoms with E-state index in [-0.39, 0.29) is 6.61 Å². The van der Waals surface area contributed by atoms with Crippen LogP contribution in [0.2, 0.25) is 5.15 Å². The second-order valence-corrected chi connectivity index (χ2v) is 2.50. The maximum atomic E-state index is 8.51. The molecule has 0 spiro atoms. The fourth-order valence-corrected chi connectivity index (χ4v) is 1.02. The second-order valence-electron chi connectivity index (χ2n) is 2.15. The van der Waals surface area contributed by atoms with Crippen LogP contribution in [-0.4, -0.2) is 27.8 Å². The molecular weight excluding hydrogens is 166 g/mol. The number of aromatic nitrogens is 2. The first-order chi connectivity index (χ1) is 5.25. The Labute approximate surface area is 69.8 Å². The van der Waals surface area contributed by atoms with Gasteiger partial charge in [-0.15, -0.1) is 0 Å². The molecule has 1 rings (SSSR count). The molecule has 0 atom stereocenters. The molecule has 0 saturated carbocycles. The summed E-state index contributed by atoms with van der Waals surface area (Å²) in [5.41, 5.74) is 0. The van der Waals surface area contributed by atoms with Gasteiger partial charge in [0.2, 0.25) is 0 Å². The SMILES string of the molecule is Cn1cnc(Cl)c1NCCO. The van der Waals surface area contributed by atoms with Gasteiger partial charge in [0, 0.05) is 13.6 Å². The Balaban J connectivity index is 2.67. The summed E-state index contributed by atoms with van der Waals surface area (Å²) in [5, 5.41) is 11.9. The molecule has 0 aromatic carbocycles. The molecule has 1 aromatic heterocycles. The Bertz CT molecular complexity index is 216. The average Bonchev–Trinajstić information content (AvgIpc) is 2.29. The largest absolute Gasteiger partial charge is 0.395 e. The maximum absolute atomic E-state index is 8.51. The maximum Gasteiger partial charge on any atom is 0.171 e. The highest BCUT2D eigenvalue weighted by Crippen LogP contribution is 2.17. The van der Waals surface area contributed by atoms with Gasteiger partial charge < -0.3 is 15.0 Å². The van der Waals surface area contributed by atoms with Crippen molar-refractivity contribution in [2.45, 2.75) is 0 Å². The van der Waals surface area contributed by atoms with E-state index in [0.29, 0.717) is 11.7 Å². The lowest BCUT2D eigenvalue weighted by Gasteiger charge is -2.03. The zero-order chi connectivity index (χ0) is 8.27. The van der Waals surface area contributed by atoms with E-state index in [1.165, 1.54) is 0 Å². The average molecular weight is 176 g/mol. The van der Waals surface area contributed by atoms with Crippen LogP contribution < -0.4 is 5.32 Å². The van der Waals surface area contributed by atoms with Crippen LogP contribution >= 0.6 is 11.6 Å². The van der Waals surface area contributed by atoms with Crippen molar-refractivity contribution in [2.75, 3.05) is 18.5 Å². The number of aliphatic hydroxyl groups excluding tert-OH is 1. The molecule has 2 N–H and O–H groups in total. The molecule has 5 heteroatoms. The number of hydrogen-bond acceptors (Lipinski definition) is 3. The van der Waals surface area contributed by atoms with E-state index in [0.717, 1.165) is 5.82 Å². The Morgan fingerprint density at radius 3 is 3.00 bits per heavy atom. The van der Waals surface area contributed by atoms with Gasteiger partial charge in [0.15, 0.2) is 5.15 Å². The van der Waals surface area contributed by atoms with E-state index < -0.39 is 0 Å². The van der Waals surface area contributed by atoms with Crippen LogP contribution in [0.3, 0.4) is 0 Å². The number of hydrogen-bond donors (Lipinski definition) is 2. The topological polar surface area (TPSA) is 50.1 Å². The fourth-order valence-electron chi connectivity index (χ4n) is 0.774. The summed E-state index contributed by atoms with van der Waals surface area (Å²) in [6.45, 7) is 0.570. The molecule has 0 saturated heterocycles.